The molecular formula is C61H75ClF3N5O9S2. The lowest BCUT2D eigenvalue weighted by Crippen LogP contribution is -2.32. The minimum Gasteiger partial charge on any atom is -0.507 e. The van der Waals surface area contributed by atoms with E-state index in [4.69, 9.17) is 37.4 Å². The summed E-state index contributed by atoms with van der Waals surface area (Å²) in [6, 6.07) is 23.3. The zero-order valence-electron chi connectivity index (χ0n) is 48.3. The number of alkyl halides is 3. The highest BCUT2D eigenvalue weighted by molar-refractivity contribution is 8.18. The van der Waals surface area contributed by atoms with Crippen LogP contribution in [0.1, 0.15) is 141 Å². The van der Waals surface area contributed by atoms with Gasteiger partial charge in [0, 0.05) is 62.7 Å². The molecular weight excluding hydrogens is 1100 g/mol. The van der Waals surface area contributed by atoms with Crippen LogP contribution in [0.3, 0.4) is 0 Å². The lowest BCUT2D eigenvalue weighted by atomic mass is 9.79. The number of urea groups is 1. The number of nitrogens with two attached hydrogens (primary N) is 1. The first-order chi connectivity index (χ1) is 37.1. The number of hydrogen-bond acceptors (Lipinski definition) is 12. The molecule has 0 aliphatic carbocycles. The van der Waals surface area contributed by atoms with Crippen molar-refractivity contribution in [1.82, 2.24) is 10.3 Å². The van der Waals surface area contributed by atoms with E-state index in [1.54, 1.807) is 30.3 Å². The molecule has 14 nitrogen and oxygen atoms in total. The van der Waals surface area contributed by atoms with Crippen LogP contribution in [0, 0.1) is 0 Å². The number of thioether (sulfide) groups is 2. The van der Waals surface area contributed by atoms with Crippen molar-refractivity contribution in [2.24, 2.45) is 5.73 Å². The minimum atomic E-state index is -4.64. The number of anilines is 2. The minimum absolute atomic E-state index is 0.0659. The molecule has 1 atom stereocenters. The molecule has 0 radical (unpaired) electrons. The number of rotatable bonds is 12. The van der Waals surface area contributed by atoms with Gasteiger partial charge in [0.05, 0.1) is 14.7 Å². The fraction of sp³-hybridized carbons (Fsp3) is 0.377. The number of aromatic hydroxyl groups is 4. The third kappa shape index (κ3) is 19.7. The Bertz CT molecular complexity index is 3050. The number of benzene rings is 5. The van der Waals surface area contributed by atoms with E-state index in [9.17, 15) is 37.8 Å². The number of hydrogen-bond donors (Lipinski definition) is 9. The molecule has 6 rings (SSSR count). The Morgan fingerprint density at radius 2 is 1.06 bits per heavy atom. The predicted molar refractivity (Wildman–Crippen MR) is 319 cm³/mol. The van der Waals surface area contributed by atoms with Crippen LogP contribution in [0.4, 0.5) is 29.3 Å². The molecule has 438 valence electrons. The molecule has 0 fully saturated rings. The monoisotopic (exact) mass is 1180 g/mol. The van der Waals surface area contributed by atoms with Crippen LogP contribution in [0.15, 0.2) is 113 Å². The van der Waals surface area contributed by atoms with E-state index < -0.39 is 34.8 Å². The first-order valence-corrected chi connectivity index (χ1v) is 27.6. The van der Waals surface area contributed by atoms with Gasteiger partial charge in [-0.25, -0.2) is 4.79 Å². The maximum absolute atomic E-state index is 12.9. The van der Waals surface area contributed by atoms with Crippen molar-refractivity contribution in [2.45, 2.75) is 151 Å². The van der Waals surface area contributed by atoms with Crippen molar-refractivity contribution in [3.63, 3.8) is 0 Å². The third-order valence-electron chi connectivity index (χ3n) is 12.0. The topological polar surface area (TPSA) is 237 Å². The normalized spacial score (nSPS) is 12.4. The van der Waals surface area contributed by atoms with Gasteiger partial charge in [-0.05, 0) is 132 Å². The third-order valence-corrected chi connectivity index (χ3v) is 14.8. The number of carbonyl (C=O) groups is 3. The average Bonchev–Trinajstić information content (AvgIpc) is 3.33. The number of phenolic OH excluding ortho intramolecular Hbond substituents is 4. The molecule has 3 amide bonds. The van der Waals surface area contributed by atoms with Gasteiger partial charge in [-0.1, -0.05) is 101 Å². The molecule has 81 heavy (non-hydrogen) atoms. The smallest absolute Gasteiger partial charge is 0.417 e. The summed E-state index contributed by atoms with van der Waals surface area (Å²) in [4.78, 5) is 40.5. The molecule has 1 heterocycles. The van der Waals surface area contributed by atoms with Crippen LogP contribution < -0.4 is 26.4 Å². The van der Waals surface area contributed by atoms with E-state index in [-0.39, 0.29) is 60.9 Å². The standard InChI is InChI=1S/C31H48O2S2.C21H16ClF3N4O3.C9H11NO4/c1-27(2,3)21-15-19(16-22(25(21)32)28(4,5)6)34-31(13,14)35-20-17-23(29(7,8)9)26(33)24(18-20)30(10,11)12;1-26-19(30)18-11-15(8-9-27-18)32-14-5-2-12(3-6-14)28-20(31)29-13-4-7-17(22)16(10-13)21(23,24)25;10-6(9(13)14)3-5-1-2-7(11)8(12)4-5/h15-18,32-33H,1-14H3;2-11H,1H3,(H,26,30)(H2,28,29,31);1-2,4,6,11-12H,3,10H2,(H,13,14)/t;;6-/m..0/s1. The number of ether oxygens (including phenoxy) is 1. The number of nitrogens with zero attached hydrogens (tertiary/aromatic N) is 1. The molecule has 0 aliphatic heterocycles. The van der Waals surface area contributed by atoms with E-state index >= 15 is 0 Å². The Hall–Kier alpha value is -6.80. The number of nitrogens with one attached hydrogen (secondary N) is 3. The number of carboxylic acid groups (broad SMARTS) is 1. The van der Waals surface area contributed by atoms with Gasteiger partial charge < -0.3 is 52.0 Å². The van der Waals surface area contributed by atoms with Crippen LogP contribution >= 0.6 is 35.1 Å². The molecule has 1 aromatic heterocycles. The summed E-state index contributed by atoms with van der Waals surface area (Å²) in [6.07, 6.45) is -3.10. The second kappa shape index (κ2) is 26.4. The Morgan fingerprint density at radius 3 is 1.48 bits per heavy atom. The van der Waals surface area contributed by atoms with Gasteiger partial charge in [0.15, 0.2) is 11.5 Å². The van der Waals surface area contributed by atoms with E-state index in [0.29, 0.717) is 34.2 Å². The summed E-state index contributed by atoms with van der Waals surface area (Å²) in [5, 5.41) is 55.7. The highest BCUT2D eigenvalue weighted by Crippen LogP contribution is 2.51. The van der Waals surface area contributed by atoms with Gasteiger partial charge in [0.1, 0.15) is 34.7 Å². The summed E-state index contributed by atoms with van der Waals surface area (Å²) in [6.45, 7) is 30.4. The Balaban J connectivity index is 0.000000283. The molecule has 0 bridgehead atoms. The molecule has 10 N–H and O–H groups in total. The highest BCUT2D eigenvalue weighted by atomic mass is 35.5. The zero-order valence-corrected chi connectivity index (χ0v) is 50.7. The first-order valence-electron chi connectivity index (χ1n) is 25.6. The maximum Gasteiger partial charge on any atom is 0.417 e. The lowest BCUT2D eigenvalue weighted by molar-refractivity contribution is -0.139. The van der Waals surface area contributed by atoms with Crippen molar-refractivity contribution >= 4 is 64.4 Å². The van der Waals surface area contributed by atoms with Crippen molar-refractivity contribution in [2.75, 3.05) is 17.7 Å². The summed E-state index contributed by atoms with van der Waals surface area (Å²) in [5.41, 5.74) is 8.65. The summed E-state index contributed by atoms with van der Waals surface area (Å²) >= 11 is 9.23. The molecule has 0 saturated carbocycles. The molecule has 6 aromatic rings. The highest BCUT2D eigenvalue weighted by Gasteiger charge is 2.34. The Labute approximate surface area is 486 Å². The predicted octanol–water partition coefficient (Wildman–Crippen LogP) is 15.5. The number of aliphatic carboxylic acids is 1. The van der Waals surface area contributed by atoms with E-state index in [0.717, 1.165) is 34.4 Å². The van der Waals surface area contributed by atoms with Crippen LogP contribution in [-0.4, -0.2) is 65.6 Å². The van der Waals surface area contributed by atoms with Crippen LogP contribution in [0.25, 0.3) is 0 Å². The largest absolute Gasteiger partial charge is 0.507 e. The van der Waals surface area contributed by atoms with Crippen LogP contribution in [-0.2, 0) is 39.1 Å². The average molecular weight is 1180 g/mol. The lowest BCUT2D eigenvalue weighted by Gasteiger charge is -2.31. The van der Waals surface area contributed by atoms with Crippen molar-refractivity contribution in [1.29, 1.82) is 0 Å². The molecule has 0 spiro atoms. The molecule has 0 saturated heterocycles. The molecule has 20 heteroatoms. The van der Waals surface area contributed by atoms with E-state index in [1.165, 1.54) is 53.4 Å². The van der Waals surface area contributed by atoms with Gasteiger partial charge >= 0.3 is 18.2 Å². The SMILES string of the molecule is CC(C)(Sc1cc(C(C)(C)C)c(O)c(C(C)(C)C)c1)Sc1cc(C(C)(C)C)c(O)c(C(C)(C)C)c1.CNC(=O)c1cc(Oc2ccc(NC(=O)Nc3ccc(Cl)c(C(F)(F)F)c3)cc2)ccn1.N[C@@H](Cc1ccc(O)c(O)c1)C(=O)O. The summed E-state index contributed by atoms with van der Waals surface area (Å²) in [5.74, 6) is -0.317. The molecule has 0 unspecified atom stereocenters. The van der Waals surface area contributed by atoms with E-state index in [1.807, 2.05) is 23.5 Å². The fourth-order valence-electron chi connectivity index (χ4n) is 7.83. The number of aromatic nitrogens is 1. The maximum atomic E-state index is 12.9. The van der Waals surface area contributed by atoms with Crippen molar-refractivity contribution in [3.8, 4) is 34.5 Å². The Morgan fingerprint density at radius 1 is 0.605 bits per heavy atom. The molecule has 0 aliphatic rings. The van der Waals surface area contributed by atoms with Crippen molar-refractivity contribution in [3.05, 3.63) is 147 Å². The van der Waals surface area contributed by atoms with Gasteiger partial charge in [-0.3, -0.25) is 14.6 Å². The van der Waals surface area contributed by atoms with Gasteiger partial charge in [0.2, 0.25) is 0 Å². The van der Waals surface area contributed by atoms with Crippen LogP contribution in [0.5, 0.6) is 34.5 Å². The van der Waals surface area contributed by atoms with Crippen molar-refractivity contribution < 1.29 is 57.8 Å². The second-order valence-corrected chi connectivity index (χ2v) is 27.7. The molecule has 5 aromatic carbocycles. The number of halogens is 4. The first kappa shape index (κ1) is 66.7. The number of pyridine rings is 1. The Kier molecular flexibility index (Phi) is 21.8. The summed E-state index contributed by atoms with van der Waals surface area (Å²) < 4.78 is 44.3. The van der Waals surface area contributed by atoms with Crippen LogP contribution in [0.2, 0.25) is 5.02 Å². The zero-order chi connectivity index (χ0) is 61.4. The number of phenols is 4. The summed E-state index contributed by atoms with van der Waals surface area (Å²) in [7, 11) is 1.49. The second-order valence-electron chi connectivity index (χ2n) is 23.7. The number of carboxylic acids is 1. The quantitative estimate of drug-likeness (QED) is 0.0315. The van der Waals surface area contributed by atoms with Gasteiger partial charge in [0.25, 0.3) is 5.91 Å². The fourth-order valence-corrected chi connectivity index (χ4v) is 10.6. The van der Waals surface area contributed by atoms with Gasteiger partial charge in [-0.15, -0.1) is 23.5 Å². The number of amides is 3. The number of carbonyl (C=O) groups excluding carboxylic acids is 2. The van der Waals surface area contributed by atoms with Gasteiger partial charge in [-0.2, -0.15) is 13.2 Å². The van der Waals surface area contributed by atoms with E-state index in [2.05, 4.69) is 142 Å².